The van der Waals surface area contributed by atoms with Crippen molar-refractivity contribution in [3.05, 3.63) is 16.4 Å². The maximum absolute atomic E-state index is 10.3. The molecule has 0 amide bonds. The first-order valence-corrected chi connectivity index (χ1v) is 2.87. The van der Waals surface area contributed by atoms with Crippen molar-refractivity contribution in [3.8, 4) is 0 Å². The molecule has 1 rings (SSSR count). The van der Waals surface area contributed by atoms with Gasteiger partial charge in [0, 0.05) is 6.42 Å². The molecule has 0 saturated carbocycles. The zero-order valence-corrected chi connectivity index (χ0v) is 5.18. The van der Waals surface area contributed by atoms with Crippen LogP contribution in [0.25, 0.3) is 0 Å². The smallest absolute Gasteiger partial charge is 0.362 e. The molecule has 0 bridgehead atoms. The van der Waals surface area contributed by atoms with Gasteiger partial charge in [0.1, 0.15) is 0 Å². The maximum Gasteiger partial charge on any atom is 0.377 e. The van der Waals surface area contributed by atoms with Gasteiger partial charge in [-0.2, -0.15) is 10.1 Å². The minimum atomic E-state index is -0.404. The molecule has 4 heteroatoms. The monoisotopic (exact) mass is 128 g/mol. The molecule has 1 N–H and O–H groups in total. The first-order valence-electron chi connectivity index (χ1n) is 2.87. The van der Waals surface area contributed by atoms with Crippen LogP contribution < -0.4 is 5.69 Å². The van der Waals surface area contributed by atoms with Crippen molar-refractivity contribution in [2.45, 2.75) is 19.8 Å². The molecular formula is C5H8N2O2. The molecule has 1 heterocycles. The van der Waals surface area contributed by atoms with Gasteiger partial charge in [-0.25, -0.2) is 4.79 Å². The van der Waals surface area contributed by atoms with Crippen LogP contribution in [-0.4, -0.2) is 10.1 Å². The third-order valence-corrected chi connectivity index (χ3v) is 0.946. The second kappa shape index (κ2) is 2.48. The molecule has 0 saturated heterocycles. The van der Waals surface area contributed by atoms with Gasteiger partial charge in [0.25, 0.3) is 0 Å². The summed E-state index contributed by atoms with van der Waals surface area (Å²) in [6.45, 7) is 1.99. The SMILES string of the molecule is CCCc1nc(=O)[nH]o1. The van der Waals surface area contributed by atoms with Gasteiger partial charge < -0.3 is 4.52 Å². The Morgan fingerprint density at radius 3 is 3.00 bits per heavy atom. The van der Waals surface area contributed by atoms with E-state index in [9.17, 15) is 4.79 Å². The van der Waals surface area contributed by atoms with E-state index in [-0.39, 0.29) is 0 Å². The number of hydrogen-bond acceptors (Lipinski definition) is 3. The van der Waals surface area contributed by atoms with Crippen LogP contribution in [-0.2, 0) is 6.42 Å². The molecule has 0 spiro atoms. The topological polar surface area (TPSA) is 58.9 Å². The molecule has 9 heavy (non-hydrogen) atoms. The van der Waals surface area contributed by atoms with E-state index in [0.29, 0.717) is 5.89 Å². The Hall–Kier alpha value is -1.06. The fraction of sp³-hybridized carbons (Fsp3) is 0.600. The van der Waals surface area contributed by atoms with Gasteiger partial charge in [-0.15, -0.1) is 0 Å². The van der Waals surface area contributed by atoms with Crippen molar-refractivity contribution >= 4 is 0 Å². The van der Waals surface area contributed by atoms with Crippen molar-refractivity contribution in [2.75, 3.05) is 0 Å². The Bertz CT molecular complexity index is 225. The molecular weight excluding hydrogens is 120 g/mol. The van der Waals surface area contributed by atoms with Gasteiger partial charge in [-0.1, -0.05) is 6.92 Å². The van der Waals surface area contributed by atoms with Crippen LogP contribution in [0.5, 0.6) is 0 Å². The van der Waals surface area contributed by atoms with Crippen molar-refractivity contribution in [2.24, 2.45) is 0 Å². The molecule has 0 aliphatic rings. The zero-order chi connectivity index (χ0) is 6.69. The predicted octanol–water partition coefficient (Wildman–Crippen LogP) is 0.315. The highest BCUT2D eigenvalue weighted by molar-refractivity contribution is 4.72. The van der Waals surface area contributed by atoms with Gasteiger partial charge in [0.15, 0.2) is 0 Å². The van der Waals surface area contributed by atoms with Crippen molar-refractivity contribution in [1.82, 2.24) is 10.1 Å². The lowest BCUT2D eigenvalue weighted by atomic mass is 10.3. The summed E-state index contributed by atoms with van der Waals surface area (Å²) in [4.78, 5) is 13.8. The first kappa shape index (κ1) is 6.07. The molecule has 50 valence electrons. The summed E-state index contributed by atoms with van der Waals surface area (Å²) in [5, 5.41) is 2.11. The van der Waals surface area contributed by atoms with E-state index in [1.165, 1.54) is 0 Å². The summed E-state index contributed by atoms with van der Waals surface area (Å²) >= 11 is 0. The largest absolute Gasteiger partial charge is 0.377 e. The lowest BCUT2D eigenvalue weighted by molar-refractivity contribution is 0.373. The normalized spacial score (nSPS) is 9.89. The number of aromatic amines is 1. The van der Waals surface area contributed by atoms with Gasteiger partial charge in [0.2, 0.25) is 5.89 Å². The Labute approximate surface area is 51.9 Å². The molecule has 0 aliphatic carbocycles. The van der Waals surface area contributed by atoms with Gasteiger partial charge in [-0.3, -0.25) is 0 Å². The van der Waals surface area contributed by atoms with Crippen LogP contribution in [0.15, 0.2) is 9.32 Å². The van der Waals surface area contributed by atoms with E-state index in [1.807, 2.05) is 6.92 Å². The summed E-state index contributed by atoms with van der Waals surface area (Å²) in [5.41, 5.74) is -0.404. The van der Waals surface area contributed by atoms with Gasteiger partial charge in [-0.05, 0) is 6.42 Å². The summed E-state index contributed by atoms with van der Waals surface area (Å²) in [6.07, 6.45) is 1.66. The van der Waals surface area contributed by atoms with Gasteiger partial charge in [0.05, 0.1) is 0 Å². The predicted molar refractivity (Wildman–Crippen MR) is 31.1 cm³/mol. The highest BCUT2D eigenvalue weighted by Crippen LogP contribution is 1.91. The zero-order valence-electron chi connectivity index (χ0n) is 5.18. The summed E-state index contributed by atoms with van der Waals surface area (Å²) in [7, 11) is 0. The number of nitrogens with zero attached hydrogens (tertiary/aromatic N) is 1. The van der Waals surface area contributed by atoms with Crippen molar-refractivity contribution < 1.29 is 4.52 Å². The molecule has 0 radical (unpaired) electrons. The third kappa shape index (κ3) is 1.42. The number of aromatic nitrogens is 2. The van der Waals surface area contributed by atoms with E-state index in [1.54, 1.807) is 0 Å². The van der Waals surface area contributed by atoms with E-state index < -0.39 is 5.69 Å². The Morgan fingerprint density at radius 2 is 2.56 bits per heavy atom. The minimum absolute atomic E-state index is 0.404. The van der Waals surface area contributed by atoms with E-state index in [4.69, 9.17) is 0 Å². The molecule has 0 aromatic carbocycles. The van der Waals surface area contributed by atoms with Crippen molar-refractivity contribution in [3.63, 3.8) is 0 Å². The lowest BCUT2D eigenvalue weighted by Crippen LogP contribution is -2.00. The van der Waals surface area contributed by atoms with Crippen LogP contribution >= 0.6 is 0 Å². The quantitative estimate of drug-likeness (QED) is 0.623. The fourth-order valence-corrected chi connectivity index (χ4v) is 0.582. The Kier molecular flexibility index (Phi) is 1.67. The number of hydrogen-bond donors (Lipinski definition) is 1. The van der Waals surface area contributed by atoms with E-state index in [2.05, 4.69) is 14.7 Å². The standard InChI is InChI=1S/C5H8N2O2/c1-2-3-4-6-5(8)7-9-4/h2-3H2,1H3,(H,7,8). The van der Waals surface area contributed by atoms with Crippen LogP contribution in [0.3, 0.4) is 0 Å². The van der Waals surface area contributed by atoms with Crippen LogP contribution in [0, 0.1) is 0 Å². The van der Waals surface area contributed by atoms with Crippen LogP contribution in [0.1, 0.15) is 19.2 Å². The third-order valence-electron chi connectivity index (χ3n) is 0.946. The average molecular weight is 128 g/mol. The molecule has 0 atom stereocenters. The van der Waals surface area contributed by atoms with Crippen molar-refractivity contribution in [1.29, 1.82) is 0 Å². The number of H-pyrrole nitrogens is 1. The molecule has 0 aliphatic heterocycles. The van der Waals surface area contributed by atoms with E-state index in [0.717, 1.165) is 12.8 Å². The summed E-state index contributed by atoms with van der Waals surface area (Å²) < 4.78 is 4.66. The number of nitrogens with one attached hydrogen (secondary N) is 1. The number of aryl methyl sites for hydroxylation is 1. The number of rotatable bonds is 2. The molecule has 0 unspecified atom stereocenters. The summed E-state index contributed by atoms with van der Waals surface area (Å²) in [6, 6.07) is 0. The molecule has 1 aromatic heterocycles. The Balaban J connectivity index is 2.73. The fourth-order valence-electron chi connectivity index (χ4n) is 0.582. The Morgan fingerprint density at radius 1 is 1.78 bits per heavy atom. The highest BCUT2D eigenvalue weighted by Gasteiger charge is 1.96. The average Bonchev–Trinajstić information content (AvgIpc) is 2.17. The van der Waals surface area contributed by atoms with Gasteiger partial charge >= 0.3 is 5.69 Å². The van der Waals surface area contributed by atoms with E-state index >= 15 is 0 Å². The molecule has 4 nitrogen and oxygen atoms in total. The maximum atomic E-state index is 10.3. The second-order valence-electron chi connectivity index (χ2n) is 1.76. The van der Waals surface area contributed by atoms with Crippen LogP contribution in [0.4, 0.5) is 0 Å². The minimum Gasteiger partial charge on any atom is -0.362 e. The second-order valence-corrected chi connectivity index (χ2v) is 1.76. The highest BCUT2D eigenvalue weighted by atomic mass is 16.5. The first-order chi connectivity index (χ1) is 4.33. The summed E-state index contributed by atoms with van der Waals surface area (Å²) in [5.74, 6) is 0.488. The molecule has 1 aromatic rings. The van der Waals surface area contributed by atoms with Crippen LogP contribution in [0.2, 0.25) is 0 Å². The molecule has 0 fully saturated rings. The lowest BCUT2D eigenvalue weighted by Gasteiger charge is -1.81.